The van der Waals surface area contributed by atoms with Crippen molar-refractivity contribution < 1.29 is 9.53 Å². The maximum atomic E-state index is 12.4. The van der Waals surface area contributed by atoms with Crippen molar-refractivity contribution in [3.8, 4) is 5.75 Å². The third-order valence-electron chi connectivity index (χ3n) is 3.40. The fraction of sp³-hybridized carbons (Fsp3) is 0.278. The van der Waals surface area contributed by atoms with Crippen LogP contribution in [0, 0.1) is 0 Å². The predicted molar refractivity (Wildman–Crippen MR) is 104 cm³/mol. The molecule has 0 fully saturated rings. The van der Waals surface area contributed by atoms with E-state index in [0.717, 1.165) is 15.1 Å². The average Bonchev–Trinajstić information content (AvgIpc) is 3.01. The van der Waals surface area contributed by atoms with Gasteiger partial charge in [-0.2, -0.15) is 0 Å². The van der Waals surface area contributed by atoms with E-state index in [1.165, 1.54) is 11.3 Å². The number of rotatable bonds is 6. The summed E-state index contributed by atoms with van der Waals surface area (Å²) in [5.74, 6) is 0.444. The van der Waals surface area contributed by atoms with Gasteiger partial charge in [0.15, 0.2) is 10.4 Å². The SMILES string of the molecule is CC(C)Sc1nnc(NC(=O)[C@@H](C)Oc2cccc3ccccc23)s1. The number of hydrogen-bond donors (Lipinski definition) is 1. The molecule has 0 unspecified atom stereocenters. The van der Waals surface area contributed by atoms with E-state index in [4.69, 9.17) is 4.74 Å². The third-order valence-corrected chi connectivity index (χ3v) is 5.32. The Balaban J connectivity index is 1.67. The van der Waals surface area contributed by atoms with Crippen LogP contribution >= 0.6 is 23.1 Å². The molecule has 1 N–H and O–H groups in total. The number of fused-ring (bicyclic) bond motifs is 1. The highest BCUT2D eigenvalue weighted by atomic mass is 32.2. The lowest BCUT2D eigenvalue weighted by Crippen LogP contribution is -2.30. The number of ether oxygens (including phenoxy) is 1. The summed E-state index contributed by atoms with van der Waals surface area (Å²) in [6, 6.07) is 13.7. The van der Waals surface area contributed by atoms with Crippen LogP contribution in [0.4, 0.5) is 5.13 Å². The van der Waals surface area contributed by atoms with Gasteiger partial charge in [0.2, 0.25) is 5.13 Å². The first-order valence-electron chi connectivity index (χ1n) is 7.98. The van der Waals surface area contributed by atoms with Gasteiger partial charge < -0.3 is 4.74 Å². The van der Waals surface area contributed by atoms with Crippen molar-refractivity contribution in [1.82, 2.24) is 10.2 Å². The zero-order valence-corrected chi connectivity index (χ0v) is 15.9. The van der Waals surface area contributed by atoms with Gasteiger partial charge in [0.1, 0.15) is 5.75 Å². The Morgan fingerprint density at radius 2 is 1.88 bits per heavy atom. The second-order valence-electron chi connectivity index (χ2n) is 5.77. The fourth-order valence-corrected chi connectivity index (χ4v) is 4.24. The van der Waals surface area contributed by atoms with Gasteiger partial charge in [0.05, 0.1) is 0 Å². The minimum absolute atomic E-state index is 0.245. The highest BCUT2D eigenvalue weighted by Crippen LogP contribution is 2.29. The molecule has 130 valence electrons. The fourth-order valence-electron chi connectivity index (χ4n) is 2.26. The maximum Gasteiger partial charge on any atom is 0.266 e. The van der Waals surface area contributed by atoms with Gasteiger partial charge in [-0.05, 0) is 18.4 Å². The lowest BCUT2D eigenvalue weighted by molar-refractivity contribution is -0.122. The Hall–Kier alpha value is -2.12. The lowest BCUT2D eigenvalue weighted by atomic mass is 10.1. The van der Waals surface area contributed by atoms with Crippen LogP contribution in [0.3, 0.4) is 0 Å². The minimum Gasteiger partial charge on any atom is -0.480 e. The third kappa shape index (κ3) is 4.49. The van der Waals surface area contributed by atoms with Crippen LogP contribution in [0.5, 0.6) is 5.75 Å². The van der Waals surface area contributed by atoms with Crippen molar-refractivity contribution in [2.45, 2.75) is 36.5 Å². The number of aromatic nitrogens is 2. The number of hydrogen-bond acceptors (Lipinski definition) is 6. The number of anilines is 1. The van der Waals surface area contributed by atoms with Gasteiger partial charge in [-0.3, -0.25) is 10.1 Å². The molecule has 0 spiro atoms. The van der Waals surface area contributed by atoms with Crippen molar-refractivity contribution in [2.75, 3.05) is 5.32 Å². The first-order valence-corrected chi connectivity index (χ1v) is 9.68. The summed E-state index contributed by atoms with van der Waals surface area (Å²) in [6.45, 7) is 5.90. The van der Waals surface area contributed by atoms with E-state index in [9.17, 15) is 4.79 Å². The Bertz CT molecular complexity index is 874. The maximum absolute atomic E-state index is 12.4. The summed E-state index contributed by atoms with van der Waals surface area (Å²) in [7, 11) is 0. The Morgan fingerprint density at radius 1 is 1.12 bits per heavy atom. The van der Waals surface area contributed by atoms with E-state index in [0.29, 0.717) is 16.1 Å². The normalized spacial score (nSPS) is 12.3. The highest BCUT2D eigenvalue weighted by Gasteiger charge is 2.18. The standard InChI is InChI=1S/C18H19N3O2S2/c1-11(2)24-18-21-20-17(25-18)19-16(22)12(3)23-15-10-6-8-13-7-4-5-9-14(13)15/h4-12H,1-3H3,(H,19,20,22)/t12-/m1/s1. The molecule has 1 aromatic heterocycles. The van der Waals surface area contributed by atoms with Crippen LogP contribution in [0.25, 0.3) is 10.8 Å². The van der Waals surface area contributed by atoms with Crippen LogP contribution in [0.1, 0.15) is 20.8 Å². The van der Waals surface area contributed by atoms with Gasteiger partial charge in [0, 0.05) is 10.6 Å². The van der Waals surface area contributed by atoms with Crippen LogP contribution in [0.15, 0.2) is 46.8 Å². The lowest BCUT2D eigenvalue weighted by Gasteiger charge is -2.15. The van der Waals surface area contributed by atoms with Gasteiger partial charge >= 0.3 is 0 Å². The van der Waals surface area contributed by atoms with Crippen LogP contribution in [0.2, 0.25) is 0 Å². The molecule has 1 atom stereocenters. The Kier molecular flexibility index (Phi) is 5.55. The summed E-state index contributed by atoms with van der Waals surface area (Å²) in [5, 5.41) is 13.8. The highest BCUT2D eigenvalue weighted by molar-refractivity contribution is 8.01. The second-order valence-corrected chi connectivity index (χ2v) is 8.57. The van der Waals surface area contributed by atoms with E-state index >= 15 is 0 Å². The Morgan fingerprint density at radius 3 is 2.68 bits per heavy atom. The van der Waals surface area contributed by atoms with E-state index < -0.39 is 6.10 Å². The molecule has 25 heavy (non-hydrogen) atoms. The summed E-state index contributed by atoms with van der Waals surface area (Å²) < 4.78 is 6.71. The van der Waals surface area contributed by atoms with Crippen molar-refractivity contribution >= 4 is 44.9 Å². The summed E-state index contributed by atoms with van der Waals surface area (Å²) >= 11 is 2.99. The average molecular weight is 374 g/mol. The smallest absolute Gasteiger partial charge is 0.266 e. The predicted octanol–water partition coefficient (Wildman–Crippen LogP) is 4.60. The van der Waals surface area contributed by atoms with Crippen molar-refractivity contribution in [2.24, 2.45) is 0 Å². The molecule has 1 amide bonds. The van der Waals surface area contributed by atoms with E-state index in [1.54, 1.807) is 18.7 Å². The molecule has 0 radical (unpaired) electrons. The van der Waals surface area contributed by atoms with Crippen molar-refractivity contribution in [1.29, 1.82) is 0 Å². The largest absolute Gasteiger partial charge is 0.480 e. The van der Waals surface area contributed by atoms with E-state index in [2.05, 4.69) is 29.4 Å². The molecule has 3 rings (SSSR count). The van der Waals surface area contributed by atoms with Gasteiger partial charge in [-0.15, -0.1) is 10.2 Å². The zero-order valence-electron chi connectivity index (χ0n) is 14.2. The van der Waals surface area contributed by atoms with E-state index in [1.807, 2.05) is 42.5 Å². The van der Waals surface area contributed by atoms with E-state index in [-0.39, 0.29) is 5.91 Å². The number of amides is 1. The number of nitrogens with zero attached hydrogens (tertiary/aromatic N) is 2. The quantitative estimate of drug-likeness (QED) is 0.505. The summed E-state index contributed by atoms with van der Waals surface area (Å²) in [4.78, 5) is 12.4. The first kappa shape index (κ1) is 17.7. The van der Waals surface area contributed by atoms with Crippen molar-refractivity contribution in [3.63, 3.8) is 0 Å². The van der Waals surface area contributed by atoms with Crippen LogP contribution in [-0.2, 0) is 4.79 Å². The molecule has 0 bridgehead atoms. The monoisotopic (exact) mass is 373 g/mol. The van der Waals surface area contributed by atoms with Crippen LogP contribution < -0.4 is 10.1 Å². The molecule has 0 saturated heterocycles. The van der Waals surface area contributed by atoms with Gasteiger partial charge in [-0.25, -0.2) is 0 Å². The minimum atomic E-state index is -0.643. The molecule has 7 heteroatoms. The molecule has 1 heterocycles. The van der Waals surface area contributed by atoms with Gasteiger partial charge in [0.25, 0.3) is 5.91 Å². The number of carbonyl (C=O) groups is 1. The molecular weight excluding hydrogens is 354 g/mol. The second kappa shape index (κ2) is 7.84. The molecule has 0 aliphatic heterocycles. The topological polar surface area (TPSA) is 64.1 Å². The number of thioether (sulfide) groups is 1. The molecule has 5 nitrogen and oxygen atoms in total. The summed E-state index contributed by atoms with van der Waals surface area (Å²) in [5.41, 5.74) is 0. The summed E-state index contributed by atoms with van der Waals surface area (Å²) in [6.07, 6.45) is -0.643. The Labute approximate surface area is 154 Å². The van der Waals surface area contributed by atoms with Crippen LogP contribution in [-0.4, -0.2) is 27.5 Å². The molecule has 0 aliphatic rings. The number of nitrogens with one attached hydrogen (secondary N) is 1. The first-order chi connectivity index (χ1) is 12.0. The van der Waals surface area contributed by atoms with Crippen molar-refractivity contribution in [3.05, 3.63) is 42.5 Å². The molecule has 0 aliphatic carbocycles. The number of carbonyl (C=O) groups excluding carboxylic acids is 1. The molecule has 0 saturated carbocycles. The molecule has 3 aromatic rings. The van der Waals surface area contributed by atoms with Gasteiger partial charge in [-0.1, -0.05) is 73.3 Å². The number of benzene rings is 2. The molecule has 2 aromatic carbocycles. The zero-order chi connectivity index (χ0) is 17.8. The molecular formula is C18H19N3O2S2.